The number of pyridine rings is 1. The van der Waals surface area contributed by atoms with Crippen LogP contribution in [0.2, 0.25) is 5.02 Å². The third-order valence-electron chi connectivity index (χ3n) is 3.42. The molecule has 2 atom stereocenters. The number of carbonyl (C=O) groups excluding carboxylic acids is 1. The van der Waals surface area contributed by atoms with Crippen molar-refractivity contribution >= 4 is 40.1 Å². The molecule has 6 heteroatoms. The molecule has 0 bridgehead atoms. The Kier molecular flexibility index (Phi) is 3.06. The van der Waals surface area contributed by atoms with E-state index in [1.54, 1.807) is 24.4 Å². The lowest BCUT2D eigenvalue weighted by Gasteiger charge is -2.08. The second-order valence-corrected chi connectivity index (χ2v) is 5.18. The number of anilines is 1. The molecule has 5 nitrogen and oxygen atoms in total. The van der Waals surface area contributed by atoms with E-state index in [4.69, 9.17) is 16.7 Å². The molecule has 0 saturated heterocycles. The first-order valence-electron chi connectivity index (χ1n) is 6.15. The summed E-state index contributed by atoms with van der Waals surface area (Å²) < 4.78 is 0. The quantitative estimate of drug-likeness (QED) is 0.910. The number of halogens is 1. The highest BCUT2D eigenvalue weighted by Gasteiger charge is 2.48. The van der Waals surface area contributed by atoms with Crippen molar-refractivity contribution in [3.8, 4) is 0 Å². The Balaban J connectivity index is 1.87. The zero-order valence-electron chi connectivity index (χ0n) is 10.3. The molecule has 102 valence electrons. The molecular weight excluding hydrogens is 280 g/mol. The molecule has 1 amide bonds. The van der Waals surface area contributed by atoms with Crippen molar-refractivity contribution in [1.29, 1.82) is 0 Å². The second kappa shape index (κ2) is 4.76. The summed E-state index contributed by atoms with van der Waals surface area (Å²) in [4.78, 5) is 27.0. The van der Waals surface area contributed by atoms with Gasteiger partial charge in [0, 0.05) is 11.6 Å². The first-order valence-corrected chi connectivity index (χ1v) is 6.52. The number of aromatic nitrogens is 1. The molecular formula is C14H11ClN2O3. The Morgan fingerprint density at radius 2 is 2.10 bits per heavy atom. The molecule has 0 unspecified atom stereocenters. The van der Waals surface area contributed by atoms with Gasteiger partial charge in [0.15, 0.2) is 0 Å². The SMILES string of the molecule is O=C(O)[C@H]1C[C@H]1C(=O)Nc1ccc(Cl)c2cccnc12. The van der Waals surface area contributed by atoms with Gasteiger partial charge in [-0.15, -0.1) is 0 Å². The molecule has 20 heavy (non-hydrogen) atoms. The van der Waals surface area contributed by atoms with Gasteiger partial charge in [0.2, 0.25) is 5.91 Å². The van der Waals surface area contributed by atoms with Gasteiger partial charge >= 0.3 is 5.97 Å². The van der Waals surface area contributed by atoms with E-state index in [1.807, 2.05) is 6.07 Å². The van der Waals surface area contributed by atoms with Gasteiger partial charge in [-0.1, -0.05) is 11.6 Å². The average Bonchev–Trinajstić information content (AvgIpc) is 3.23. The first-order chi connectivity index (χ1) is 9.58. The lowest BCUT2D eigenvalue weighted by Crippen LogP contribution is -2.17. The predicted molar refractivity (Wildman–Crippen MR) is 74.6 cm³/mol. The van der Waals surface area contributed by atoms with Crippen molar-refractivity contribution in [2.75, 3.05) is 5.32 Å². The van der Waals surface area contributed by atoms with E-state index in [9.17, 15) is 9.59 Å². The number of nitrogens with one attached hydrogen (secondary N) is 1. The van der Waals surface area contributed by atoms with Crippen LogP contribution in [0.5, 0.6) is 0 Å². The first kappa shape index (κ1) is 12.9. The lowest BCUT2D eigenvalue weighted by molar-refractivity contribution is -0.139. The summed E-state index contributed by atoms with van der Waals surface area (Å²) >= 11 is 6.07. The lowest BCUT2D eigenvalue weighted by atomic mass is 10.2. The largest absolute Gasteiger partial charge is 0.481 e. The third-order valence-corrected chi connectivity index (χ3v) is 3.75. The molecule has 1 fully saturated rings. The van der Waals surface area contributed by atoms with Crippen LogP contribution in [-0.2, 0) is 9.59 Å². The van der Waals surface area contributed by atoms with Gasteiger partial charge < -0.3 is 10.4 Å². The summed E-state index contributed by atoms with van der Waals surface area (Å²) in [5.74, 6) is -2.24. The molecule has 0 spiro atoms. The van der Waals surface area contributed by atoms with Crippen LogP contribution in [0.4, 0.5) is 5.69 Å². The number of carboxylic acid groups (broad SMARTS) is 1. The van der Waals surface area contributed by atoms with Crippen LogP contribution in [0.25, 0.3) is 10.9 Å². The number of amides is 1. The normalized spacial score (nSPS) is 20.6. The Morgan fingerprint density at radius 3 is 2.80 bits per heavy atom. The van der Waals surface area contributed by atoms with E-state index in [0.717, 1.165) is 5.39 Å². The highest BCUT2D eigenvalue weighted by Crippen LogP contribution is 2.40. The molecule has 1 aromatic carbocycles. The Bertz CT molecular complexity index is 717. The number of carbonyl (C=O) groups is 2. The molecule has 0 aliphatic heterocycles. The van der Waals surface area contributed by atoms with Gasteiger partial charge in [0.1, 0.15) is 0 Å². The highest BCUT2D eigenvalue weighted by atomic mass is 35.5. The van der Waals surface area contributed by atoms with E-state index >= 15 is 0 Å². The number of fused-ring (bicyclic) bond motifs is 1. The molecule has 0 radical (unpaired) electrons. The summed E-state index contributed by atoms with van der Waals surface area (Å²) in [5, 5.41) is 12.9. The zero-order chi connectivity index (χ0) is 14.3. The minimum Gasteiger partial charge on any atom is -0.481 e. The predicted octanol–water partition coefficient (Wildman–Crippen LogP) is 2.55. The number of aliphatic carboxylic acids is 1. The van der Waals surface area contributed by atoms with Crippen molar-refractivity contribution in [1.82, 2.24) is 4.98 Å². The van der Waals surface area contributed by atoms with E-state index < -0.39 is 17.8 Å². The van der Waals surface area contributed by atoms with Crippen LogP contribution < -0.4 is 5.32 Å². The molecule has 1 aliphatic carbocycles. The second-order valence-electron chi connectivity index (χ2n) is 4.77. The number of hydrogen-bond donors (Lipinski definition) is 2. The van der Waals surface area contributed by atoms with Crippen LogP contribution in [0, 0.1) is 11.8 Å². The number of rotatable bonds is 3. The molecule has 2 aromatic rings. The summed E-state index contributed by atoms with van der Waals surface area (Å²) in [6.45, 7) is 0. The van der Waals surface area contributed by atoms with Crippen molar-refractivity contribution in [3.05, 3.63) is 35.5 Å². The number of nitrogens with zero attached hydrogens (tertiary/aromatic N) is 1. The van der Waals surface area contributed by atoms with E-state index in [0.29, 0.717) is 22.6 Å². The Morgan fingerprint density at radius 1 is 1.30 bits per heavy atom. The van der Waals surface area contributed by atoms with Gasteiger partial charge in [-0.05, 0) is 30.7 Å². The van der Waals surface area contributed by atoms with Crippen LogP contribution in [0.1, 0.15) is 6.42 Å². The van der Waals surface area contributed by atoms with Gasteiger partial charge in [0.25, 0.3) is 0 Å². The fourth-order valence-corrected chi connectivity index (χ4v) is 2.44. The Labute approximate surface area is 119 Å². The fourth-order valence-electron chi connectivity index (χ4n) is 2.22. The van der Waals surface area contributed by atoms with Gasteiger partial charge in [0.05, 0.1) is 28.1 Å². The van der Waals surface area contributed by atoms with Crippen LogP contribution in [-0.4, -0.2) is 22.0 Å². The maximum Gasteiger partial charge on any atom is 0.307 e. The summed E-state index contributed by atoms with van der Waals surface area (Å²) in [7, 11) is 0. The van der Waals surface area contributed by atoms with Gasteiger partial charge in [-0.25, -0.2) is 0 Å². The van der Waals surface area contributed by atoms with E-state index in [1.165, 1.54) is 0 Å². The number of carboxylic acids is 1. The maximum atomic E-state index is 12.0. The fraction of sp³-hybridized carbons (Fsp3) is 0.214. The van der Waals surface area contributed by atoms with Crippen molar-refractivity contribution in [2.24, 2.45) is 11.8 Å². The van der Waals surface area contributed by atoms with Gasteiger partial charge in [-0.2, -0.15) is 0 Å². The molecule has 1 aliphatic rings. The number of hydrogen-bond acceptors (Lipinski definition) is 3. The molecule has 2 N–H and O–H groups in total. The van der Waals surface area contributed by atoms with Crippen molar-refractivity contribution < 1.29 is 14.7 Å². The maximum absolute atomic E-state index is 12.0. The monoisotopic (exact) mass is 290 g/mol. The minimum atomic E-state index is -0.927. The summed E-state index contributed by atoms with van der Waals surface area (Å²) in [5.41, 5.74) is 1.15. The van der Waals surface area contributed by atoms with Crippen LogP contribution in [0.3, 0.4) is 0 Å². The number of benzene rings is 1. The van der Waals surface area contributed by atoms with Crippen molar-refractivity contribution in [2.45, 2.75) is 6.42 Å². The zero-order valence-corrected chi connectivity index (χ0v) is 11.1. The molecule has 3 rings (SSSR count). The smallest absolute Gasteiger partial charge is 0.307 e. The molecule has 1 saturated carbocycles. The van der Waals surface area contributed by atoms with E-state index in [2.05, 4.69) is 10.3 Å². The van der Waals surface area contributed by atoms with Crippen LogP contribution in [0.15, 0.2) is 30.5 Å². The molecule has 1 aromatic heterocycles. The topological polar surface area (TPSA) is 79.3 Å². The molecule has 1 heterocycles. The average molecular weight is 291 g/mol. The standard InChI is InChI=1S/C14H11ClN2O3/c15-10-3-4-11(12-7(10)2-1-5-16-12)17-13(18)8-6-9(8)14(19)20/h1-5,8-9H,6H2,(H,17,18)(H,19,20)/t8-,9+/m1/s1. The summed E-state index contributed by atoms with van der Waals surface area (Å²) in [6.07, 6.45) is 2.01. The highest BCUT2D eigenvalue weighted by molar-refractivity contribution is 6.36. The minimum absolute atomic E-state index is 0.285. The van der Waals surface area contributed by atoms with E-state index in [-0.39, 0.29) is 5.91 Å². The third kappa shape index (κ3) is 2.20. The van der Waals surface area contributed by atoms with Crippen molar-refractivity contribution in [3.63, 3.8) is 0 Å². The van der Waals surface area contributed by atoms with Crippen LogP contribution >= 0.6 is 11.6 Å². The summed E-state index contributed by atoms with van der Waals surface area (Å²) in [6, 6.07) is 6.94. The van der Waals surface area contributed by atoms with Gasteiger partial charge in [-0.3, -0.25) is 14.6 Å². The Hall–Kier alpha value is -2.14.